The zero-order valence-corrected chi connectivity index (χ0v) is 16.8. The van der Waals surface area contributed by atoms with E-state index in [1.165, 1.54) is 4.31 Å². The van der Waals surface area contributed by atoms with E-state index in [0.717, 1.165) is 12.8 Å². The van der Waals surface area contributed by atoms with Crippen molar-refractivity contribution in [3.63, 3.8) is 0 Å². The van der Waals surface area contributed by atoms with E-state index in [1.54, 1.807) is 38.1 Å². The lowest BCUT2D eigenvalue weighted by Gasteiger charge is -2.19. The van der Waals surface area contributed by atoms with Crippen LogP contribution in [0, 0.1) is 20.4 Å². The summed E-state index contributed by atoms with van der Waals surface area (Å²) in [5.74, 6) is -0.998. The molecule has 8 heteroatoms. The van der Waals surface area contributed by atoms with Gasteiger partial charge in [-0.3, -0.25) is 4.79 Å². The minimum absolute atomic E-state index is 0.231. The van der Waals surface area contributed by atoms with Gasteiger partial charge in [-0.25, -0.2) is 13.3 Å². The molecule has 0 saturated carbocycles. The van der Waals surface area contributed by atoms with Crippen molar-refractivity contribution in [1.29, 1.82) is 0 Å². The second-order valence-electron chi connectivity index (χ2n) is 6.99. The summed E-state index contributed by atoms with van der Waals surface area (Å²) in [6.07, 6.45) is 1.50. The summed E-state index contributed by atoms with van der Waals surface area (Å²) >= 11 is 0. The molecule has 0 radical (unpaired) electrons. The van der Waals surface area contributed by atoms with Crippen LogP contribution in [0.5, 0.6) is 0 Å². The van der Waals surface area contributed by atoms with Crippen LogP contribution in [-0.2, 0) is 27.8 Å². The molecule has 148 valence electrons. The standard InChI is InChI=1S/C20H23N3O4S/c1-14-17(12-19(24)25)20(21-3)15(2)23(14)13-16-8-4-5-9-18(16)28(26,27)22-10-6-7-11-22/h4-5,8-9H,6-7,10-13H2,1-2H3,(H,24,25). The zero-order valence-electron chi connectivity index (χ0n) is 16.0. The molecule has 0 amide bonds. The number of carboxylic acid groups (broad SMARTS) is 1. The Labute approximate surface area is 165 Å². The average molecular weight is 401 g/mol. The molecule has 1 N–H and O–H groups in total. The lowest BCUT2D eigenvalue weighted by molar-refractivity contribution is -0.136. The molecule has 0 unspecified atom stereocenters. The number of hydrogen-bond donors (Lipinski definition) is 1. The summed E-state index contributed by atoms with van der Waals surface area (Å²) in [6.45, 7) is 12.3. The van der Waals surface area contributed by atoms with Gasteiger partial charge in [0.25, 0.3) is 0 Å². The highest BCUT2D eigenvalue weighted by atomic mass is 32.2. The number of benzene rings is 1. The summed E-state index contributed by atoms with van der Waals surface area (Å²) in [5.41, 5.74) is 2.78. The van der Waals surface area contributed by atoms with E-state index in [2.05, 4.69) is 4.85 Å². The van der Waals surface area contributed by atoms with Crippen molar-refractivity contribution < 1.29 is 18.3 Å². The number of carbonyl (C=O) groups is 1. The third-order valence-electron chi connectivity index (χ3n) is 5.30. The van der Waals surface area contributed by atoms with Gasteiger partial charge in [-0.2, -0.15) is 4.31 Å². The predicted molar refractivity (Wildman–Crippen MR) is 105 cm³/mol. The molecule has 7 nitrogen and oxygen atoms in total. The van der Waals surface area contributed by atoms with Gasteiger partial charge >= 0.3 is 5.97 Å². The number of carboxylic acids is 1. The highest BCUT2D eigenvalue weighted by Crippen LogP contribution is 2.33. The van der Waals surface area contributed by atoms with Crippen LogP contribution in [0.15, 0.2) is 29.2 Å². The SMILES string of the molecule is [C-]#[N+]c1c(CC(=O)O)c(C)n(Cc2ccccc2S(=O)(=O)N2CCCC2)c1C. The fraction of sp³-hybridized carbons (Fsp3) is 0.400. The highest BCUT2D eigenvalue weighted by Gasteiger charge is 2.29. The van der Waals surface area contributed by atoms with Gasteiger partial charge in [0.2, 0.25) is 15.7 Å². The smallest absolute Gasteiger partial charge is 0.306 e. The molecule has 1 aromatic heterocycles. The van der Waals surface area contributed by atoms with Gasteiger partial charge in [0.05, 0.1) is 17.9 Å². The Bertz CT molecular complexity index is 1060. The van der Waals surface area contributed by atoms with Gasteiger partial charge in [0.15, 0.2) is 0 Å². The zero-order chi connectivity index (χ0) is 20.5. The maximum absolute atomic E-state index is 13.1. The Hall–Kier alpha value is -2.63. The molecule has 0 aliphatic carbocycles. The Morgan fingerprint density at radius 2 is 1.82 bits per heavy atom. The normalized spacial score (nSPS) is 14.9. The summed E-state index contributed by atoms with van der Waals surface area (Å²) in [5, 5.41) is 9.18. The van der Waals surface area contributed by atoms with Crippen molar-refractivity contribution >= 4 is 21.7 Å². The third kappa shape index (κ3) is 3.55. The second kappa shape index (κ2) is 7.78. The first-order valence-electron chi connectivity index (χ1n) is 9.13. The molecule has 2 heterocycles. The van der Waals surface area contributed by atoms with E-state index < -0.39 is 16.0 Å². The summed E-state index contributed by atoms with van der Waals surface area (Å²) < 4.78 is 29.5. The van der Waals surface area contributed by atoms with E-state index in [4.69, 9.17) is 6.57 Å². The molecule has 1 saturated heterocycles. The number of nitrogens with zero attached hydrogens (tertiary/aromatic N) is 3. The lowest BCUT2D eigenvalue weighted by Crippen LogP contribution is -2.29. The molecule has 0 bridgehead atoms. The van der Waals surface area contributed by atoms with Gasteiger partial charge in [0.1, 0.15) is 0 Å². The van der Waals surface area contributed by atoms with Crippen molar-refractivity contribution in [2.45, 2.75) is 44.6 Å². The summed E-state index contributed by atoms with van der Waals surface area (Å²) in [7, 11) is -3.58. The summed E-state index contributed by atoms with van der Waals surface area (Å²) in [6, 6.07) is 6.89. The fourth-order valence-corrected chi connectivity index (χ4v) is 5.54. The summed E-state index contributed by atoms with van der Waals surface area (Å²) in [4.78, 5) is 15.0. The van der Waals surface area contributed by atoms with Crippen molar-refractivity contribution in [3.8, 4) is 0 Å². The monoisotopic (exact) mass is 401 g/mol. The number of aliphatic carboxylic acids is 1. The van der Waals surface area contributed by atoms with Crippen LogP contribution in [0.3, 0.4) is 0 Å². The average Bonchev–Trinajstić information content (AvgIpc) is 3.26. The Morgan fingerprint density at radius 3 is 2.43 bits per heavy atom. The molecule has 1 aromatic carbocycles. The van der Waals surface area contributed by atoms with Gasteiger partial charge in [-0.05, 0) is 43.9 Å². The molecule has 2 aromatic rings. The highest BCUT2D eigenvalue weighted by molar-refractivity contribution is 7.89. The van der Waals surface area contributed by atoms with Gasteiger partial charge in [-0.15, -0.1) is 0 Å². The number of sulfonamides is 1. The van der Waals surface area contributed by atoms with Gasteiger partial charge < -0.3 is 9.67 Å². The molecule has 0 spiro atoms. The number of hydrogen-bond acceptors (Lipinski definition) is 3. The van der Waals surface area contributed by atoms with Crippen LogP contribution in [0.4, 0.5) is 5.69 Å². The molecule has 1 aliphatic heterocycles. The Kier molecular flexibility index (Phi) is 5.59. The van der Waals surface area contributed by atoms with Crippen LogP contribution in [0.25, 0.3) is 4.85 Å². The van der Waals surface area contributed by atoms with Gasteiger partial charge in [0, 0.05) is 31.0 Å². The van der Waals surface area contributed by atoms with Crippen molar-refractivity contribution in [2.24, 2.45) is 0 Å². The first kappa shape index (κ1) is 20.1. The fourth-order valence-electron chi connectivity index (χ4n) is 3.80. The van der Waals surface area contributed by atoms with Crippen LogP contribution in [-0.4, -0.2) is 41.5 Å². The first-order chi connectivity index (χ1) is 13.3. The molecular formula is C20H23N3O4S. The van der Waals surface area contributed by atoms with E-state index >= 15 is 0 Å². The van der Waals surface area contributed by atoms with E-state index in [1.807, 2.05) is 4.57 Å². The molecular weight excluding hydrogens is 378 g/mol. The van der Waals surface area contributed by atoms with Crippen molar-refractivity contribution in [2.75, 3.05) is 13.1 Å². The first-order valence-corrected chi connectivity index (χ1v) is 10.6. The third-order valence-corrected chi connectivity index (χ3v) is 7.30. The Balaban J connectivity index is 2.06. The number of rotatable bonds is 6. The lowest BCUT2D eigenvalue weighted by atomic mass is 10.1. The quantitative estimate of drug-likeness (QED) is 0.754. The minimum atomic E-state index is -3.58. The molecule has 1 fully saturated rings. The van der Waals surface area contributed by atoms with Gasteiger partial charge in [-0.1, -0.05) is 18.2 Å². The molecule has 1 aliphatic rings. The Morgan fingerprint density at radius 1 is 1.18 bits per heavy atom. The molecule has 0 atom stereocenters. The maximum atomic E-state index is 13.1. The predicted octanol–water partition coefficient (Wildman–Crippen LogP) is 3.12. The van der Waals surface area contributed by atoms with Crippen molar-refractivity contribution in [1.82, 2.24) is 8.87 Å². The molecule has 3 rings (SSSR count). The van der Waals surface area contributed by atoms with E-state index in [0.29, 0.717) is 41.3 Å². The molecule has 28 heavy (non-hydrogen) atoms. The number of aromatic nitrogens is 1. The minimum Gasteiger partial charge on any atom is -0.481 e. The van der Waals surface area contributed by atoms with E-state index in [-0.39, 0.29) is 17.9 Å². The maximum Gasteiger partial charge on any atom is 0.306 e. The van der Waals surface area contributed by atoms with E-state index in [9.17, 15) is 18.3 Å². The largest absolute Gasteiger partial charge is 0.481 e. The second-order valence-corrected chi connectivity index (χ2v) is 8.89. The van der Waals surface area contributed by atoms with Crippen LogP contribution in [0.2, 0.25) is 0 Å². The van der Waals surface area contributed by atoms with Crippen molar-refractivity contribution in [3.05, 3.63) is 58.2 Å². The van der Waals surface area contributed by atoms with Crippen LogP contribution >= 0.6 is 0 Å². The topological polar surface area (TPSA) is 84.0 Å². The van der Waals surface area contributed by atoms with Crippen LogP contribution in [0.1, 0.15) is 35.4 Å². The van der Waals surface area contributed by atoms with Crippen LogP contribution < -0.4 is 0 Å².